The van der Waals surface area contributed by atoms with Crippen LogP contribution in [0.15, 0.2) is 103 Å². The molecule has 414 valence electrons. The molecule has 1 saturated carbocycles. The number of aliphatic hydroxyl groups is 4. The number of H-pyrrole nitrogens is 1. The van der Waals surface area contributed by atoms with E-state index >= 15 is 4.79 Å². The fraction of sp³-hybridized carbons (Fsp3) is 0.477. The first-order chi connectivity index (χ1) is 37.7. The lowest BCUT2D eigenvalue weighted by Crippen LogP contribution is -2.40. The Morgan fingerprint density at radius 1 is 0.872 bits per heavy atom. The SMILES string of the molecule is CCC[C@@H]1[C@H]2C[C@@H](CC3=CCNC(=C3)Nc3ccc4ccc(c(O)c4c3)C[C@H](O)CNC[C@H](C)c3c[nH]c(c3)C[C@H]1O)C[C@@H]1C#C[C@H](c3ccccc3CC[C@H](C)CO)c3cc(O)c(OC)cc3CCC(=O)[C@H](O)C(=O)[C@H]1C2. The highest BCUT2D eigenvalue weighted by atomic mass is 16.5. The Bertz CT molecular complexity index is 3060. The number of fused-ring (bicyclic) bond motifs is 9. The number of hydrogen-bond donors (Lipinski definition) is 10. The molecule has 10 N–H and O–H groups in total. The van der Waals surface area contributed by atoms with Crippen molar-refractivity contribution in [2.75, 3.05) is 38.7 Å². The molecular formula is C65H80N4O9. The first-order valence-electron chi connectivity index (χ1n) is 28.4. The van der Waals surface area contributed by atoms with Gasteiger partial charge in [-0.1, -0.05) is 87.6 Å². The van der Waals surface area contributed by atoms with Gasteiger partial charge in [0.05, 0.1) is 25.2 Å². The molecule has 0 unspecified atom stereocenters. The molecule has 13 nitrogen and oxygen atoms in total. The van der Waals surface area contributed by atoms with E-state index in [2.05, 4.69) is 77.0 Å². The van der Waals surface area contributed by atoms with E-state index in [1.54, 1.807) is 12.1 Å². The van der Waals surface area contributed by atoms with Crippen molar-refractivity contribution in [3.8, 4) is 29.1 Å². The molecule has 9 bridgehead atoms. The average Bonchev–Trinajstić information content (AvgIpc) is 3.94. The molecule has 2 aliphatic carbocycles. The van der Waals surface area contributed by atoms with Gasteiger partial charge in [0.1, 0.15) is 11.6 Å². The summed E-state index contributed by atoms with van der Waals surface area (Å²) in [4.78, 5) is 32.9. The van der Waals surface area contributed by atoms with Crippen molar-refractivity contribution in [3.05, 3.63) is 142 Å². The van der Waals surface area contributed by atoms with Gasteiger partial charge in [-0.3, -0.25) is 9.59 Å². The van der Waals surface area contributed by atoms with E-state index in [4.69, 9.17) is 4.74 Å². The molecule has 4 aliphatic rings. The maximum Gasteiger partial charge on any atom is 0.173 e. The maximum absolute atomic E-state index is 15.2. The van der Waals surface area contributed by atoms with Crippen molar-refractivity contribution in [1.29, 1.82) is 0 Å². The number of benzene rings is 4. The predicted octanol–water partition coefficient (Wildman–Crippen LogP) is 8.88. The second-order valence-corrected chi connectivity index (χ2v) is 22.9. The number of carbonyl (C=O) groups excluding carboxylic acids is 2. The van der Waals surface area contributed by atoms with Crippen molar-refractivity contribution in [1.82, 2.24) is 15.6 Å². The topological polar surface area (TPSA) is 217 Å². The number of ether oxygens (including phenoxy) is 1. The van der Waals surface area contributed by atoms with Gasteiger partial charge in [0.2, 0.25) is 0 Å². The molecule has 0 saturated heterocycles. The summed E-state index contributed by atoms with van der Waals surface area (Å²) in [6.07, 6.45) is 8.68. The van der Waals surface area contributed by atoms with Crippen LogP contribution in [0.1, 0.15) is 123 Å². The number of methoxy groups -OCH3 is 1. The zero-order chi connectivity index (χ0) is 55.0. The number of phenolic OH excluding ortho intramolecular Hbond substituents is 2. The number of hydrogen-bond acceptors (Lipinski definition) is 12. The largest absolute Gasteiger partial charge is 0.507 e. The molecule has 11 atom stereocenters. The van der Waals surface area contributed by atoms with Crippen LogP contribution in [-0.4, -0.2) is 98.9 Å². The van der Waals surface area contributed by atoms with Gasteiger partial charge < -0.3 is 56.3 Å². The van der Waals surface area contributed by atoms with Crippen LogP contribution in [0.3, 0.4) is 0 Å². The number of Topliss-reactive ketones (excluding diaryl/α,β-unsaturated/α-hetero) is 2. The molecule has 0 spiro atoms. The Kier molecular flexibility index (Phi) is 18.5. The summed E-state index contributed by atoms with van der Waals surface area (Å²) in [5, 5.41) is 80.6. The molecule has 1 fully saturated rings. The average molecular weight is 1060 g/mol. The summed E-state index contributed by atoms with van der Waals surface area (Å²) >= 11 is 0. The van der Waals surface area contributed by atoms with Gasteiger partial charge in [0.15, 0.2) is 29.2 Å². The molecule has 5 aromatic rings. The predicted molar refractivity (Wildman–Crippen MR) is 305 cm³/mol. The molecule has 3 heterocycles. The molecular weight excluding hydrogens is 981 g/mol. The van der Waals surface area contributed by atoms with E-state index in [0.717, 1.165) is 68.8 Å². The van der Waals surface area contributed by atoms with Crippen LogP contribution >= 0.6 is 0 Å². The lowest BCUT2D eigenvalue weighted by Gasteiger charge is -2.33. The summed E-state index contributed by atoms with van der Waals surface area (Å²) in [5.74, 6) is 5.17. The van der Waals surface area contributed by atoms with E-state index in [1.165, 1.54) is 7.11 Å². The van der Waals surface area contributed by atoms with Gasteiger partial charge >= 0.3 is 0 Å². The van der Waals surface area contributed by atoms with Gasteiger partial charge in [0.25, 0.3) is 0 Å². The number of β-amino-alcohol motifs (C(OH)–C–C–N with tert-alkyl or cyclic N) is 1. The van der Waals surface area contributed by atoms with E-state index in [1.807, 2.05) is 55.6 Å². The van der Waals surface area contributed by atoms with Crippen molar-refractivity contribution in [2.24, 2.45) is 35.5 Å². The van der Waals surface area contributed by atoms with Crippen LogP contribution in [0.5, 0.6) is 17.2 Å². The Hall–Kier alpha value is -6.40. The zero-order valence-electron chi connectivity index (χ0n) is 45.7. The number of dihydropyridines is 1. The highest BCUT2D eigenvalue weighted by Crippen LogP contribution is 2.46. The zero-order valence-corrected chi connectivity index (χ0v) is 45.7. The molecule has 13 heteroatoms. The minimum Gasteiger partial charge on any atom is -0.507 e. The number of carbonyl (C=O) groups is 2. The normalized spacial score (nSPS) is 26.8. The van der Waals surface area contributed by atoms with Crippen molar-refractivity contribution in [3.63, 3.8) is 0 Å². The highest BCUT2D eigenvalue weighted by Gasteiger charge is 2.43. The lowest BCUT2D eigenvalue weighted by atomic mass is 9.73. The van der Waals surface area contributed by atoms with Gasteiger partial charge in [0, 0.05) is 80.3 Å². The van der Waals surface area contributed by atoms with Gasteiger partial charge in [-0.2, -0.15) is 0 Å². The number of rotatable bonds is 8. The summed E-state index contributed by atoms with van der Waals surface area (Å²) < 4.78 is 5.58. The molecule has 2 aliphatic heterocycles. The van der Waals surface area contributed by atoms with Gasteiger partial charge in [-0.25, -0.2) is 0 Å². The van der Waals surface area contributed by atoms with E-state index < -0.39 is 47.6 Å². The van der Waals surface area contributed by atoms with Gasteiger partial charge in [-0.05, 0) is 162 Å². The maximum atomic E-state index is 15.2. The van der Waals surface area contributed by atoms with Crippen molar-refractivity contribution >= 4 is 28.0 Å². The van der Waals surface area contributed by atoms with E-state index in [-0.39, 0.29) is 72.7 Å². The number of aromatic hydroxyl groups is 2. The minimum absolute atomic E-state index is 0.0288. The Labute approximate surface area is 459 Å². The molecule has 0 radical (unpaired) electrons. The third-order valence-electron chi connectivity index (χ3n) is 17.2. The third-order valence-corrected chi connectivity index (χ3v) is 17.2. The second kappa shape index (κ2) is 25.6. The first-order valence-corrected chi connectivity index (χ1v) is 28.4. The number of aromatic amines is 1. The minimum atomic E-state index is -1.86. The molecule has 1 aromatic heterocycles. The van der Waals surface area contributed by atoms with Crippen LogP contribution < -0.4 is 20.7 Å². The van der Waals surface area contributed by atoms with Crippen LogP contribution in [0.2, 0.25) is 0 Å². The van der Waals surface area contributed by atoms with Crippen LogP contribution in [0.4, 0.5) is 5.69 Å². The smallest absolute Gasteiger partial charge is 0.173 e. The summed E-state index contributed by atoms with van der Waals surface area (Å²) in [7, 11) is 1.48. The number of aliphatic hydroxyl groups excluding tert-OH is 4. The fourth-order valence-electron chi connectivity index (χ4n) is 12.8. The Morgan fingerprint density at radius 2 is 1.69 bits per heavy atom. The summed E-state index contributed by atoms with van der Waals surface area (Å²) in [6, 6.07) is 23.4. The second-order valence-electron chi connectivity index (χ2n) is 22.9. The van der Waals surface area contributed by atoms with Crippen LogP contribution in [-0.2, 0) is 35.3 Å². The summed E-state index contributed by atoms with van der Waals surface area (Å²) in [6.45, 7) is 7.82. The number of anilines is 1. The number of aromatic nitrogens is 1. The van der Waals surface area contributed by atoms with Gasteiger partial charge in [-0.15, -0.1) is 0 Å². The van der Waals surface area contributed by atoms with E-state index in [9.17, 15) is 35.4 Å². The standard InChI is InChI=1S/C65H80N4O9/c1-5-8-53-47-25-41(23-40-21-22-67-62(26-40)69-49-18-15-43-13-14-46(63(75)57(43)31-49)28-51(71)36-66-34-39(3)48-27-50(68-35-48)32-59(53)73)24-44-16-19-54(52-10-7-6-9-42(52)12-11-38(2)37-70)55-33-60(74)61(78-4)30-45(55)17-20-58(72)65(77)64(76)56(44)29-47/h6-7,9-10,13-15,18,21,26-27,30-31,33,35,38-39,41,44,47,51,53-54,56,59,65-71,73-75,77H,5,8,11-12,17,20,22-25,28-29,32,34,36-37H2,1-4H3/t38-,39-,41-,44-,47-,51-,53+,54+,56-,59+,65-/m0/s1. The number of ketones is 2. The van der Waals surface area contributed by atoms with Crippen LogP contribution in [0, 0.1) is 47.3 Å². The van der Waals surface area contributed by atoms with E-state index in [0.29, 0.717) is 75.5 Å². The monoisotopic (exact) mass is 1060 g/mol. The Balaban J connectivity index is 1.16. The van der Waals surface area contributed by atoms with Crippen LogP contribution in [0.25, 0.3) is 10.8 Å². The highest BCUT2D eigenvalue weighted by molar-refractivity contribution is 6.06. The number of phenols is 2. The number of aryl methyl sites for hydroxylation is 2. The van der Waals surface area contributed by atoms with Crippen molar-refractivity contribution in [2.45, 2.75) is 128 Å². The van der Waals surface area contributed by atoms with Crippen molar-refractivity contribution < 1.29 is 45.0 Å². The third kappa shape index (κ3) is 13.2. The lowest BCUT2D eigenvalue weighted by molar-refractivity contribution is -0.142. The molecule has 78 heavy (non-hydrogen) atoms. The number of allylic oxidation sites excluding steroid dienone is 2. The molecule has 4 aromatic carbocycles. The molecule has 0 amide bonds. The molecule has 9 rings (SSSR count). The Morgan fingerprint density at radius 3 is 2.50 bits per heavy atom. The number of nitrogens with one attached hydrogen (secondary N) is 4. The fourth-order valence-corrected chi connectivity index (χ4v) is 12.8. The summed E-state index contributed by atoms with van der Waals surface area (Å²) in [5.41, 5.74) is 7.92. The first kappa shape index (κ1) is 56.3. The quantitative estimate of drug-likeness (QED) is 0.0521.